The highest BCUT2D eigenvalue weighted by atomic mass is 16.5. The zero-order valence-corrected chi connectivity index (χ0v) is 12.2. The first-order valence-corrected chi connectivity index (χ1v) is 6.60. The third-order valence-corrected chi connectivity index (χ3v) is 2.56. The molecule has 0 spiro atoms. The lowest BCUT2D eigenvalue weighted by atomic mass is 10.1. The Bertz CT molecular complexity index is 424. The molecule has 0 aromatic heterocycles. The lowest BCUT2D eigenvalue weighted by molar-refractivity contribution is -0.128. The summed E-state index contributed by atoms with van der Waals surface area (Å²) in [4.78, 5) is 12.0. The zero-order valence-electron chi connectivity index (χ0n) is 12.2. The predicted molar refractivity (Wildman–Crippen MR) is 77.2 cm³/mol. The average Bonchev–Trinajstić information content (AvgIpc) is 2.29. The van der Waals surface area contributed by atoms with Crippen LogP contribution in [0, 0.1) is 0 Å². The highest BCUT2D eigenvalue weighted by Gasteiger charge is 2.21. The molecule has 0 aliphatic heterocycles. The van der Waals surface area contributed by atoms with Crippen molar-refractivity contribution >= 4 is 5.91 Å². The normalized spacial score (nSPS) is 12.9. The number of carbonyl (C=O) groups is 1. The van der Waals surface area contributed by atoms with Crippen molar-refractivity contribution in [1.82, 2.24) is 5.32 Å². The number of nitrogens with one attached hydrogen (secondary N) is 1. The minimum Gasteiger partial charge on any atom is -0.481 e. The van der Waals surface area contributed by atoms with Gasteiger partial charge in [0.05, 0.1) is 0 Å². The summed E-state index contributed by atoms with van der Waals surface area (Å²) in [6.45, 7) is 8.14. The number of ether oxygens (including phenoxy) is 1. The van der Waals surface area contributed by atoms with Gasteiger partial charge in [0.2, 0.25) is 0 Å². The highest BCUT2D eigenvalue weighted by molar-refractivity contribution is 5.81. The lowest BCUT2D eigenvalue weighted by Gasteiger charge is -2.24. The van der Waals surface area contributed by atoms with Gasteiger partial charge in [-0.2, -0.15) is 0 Å². The Labute approximate surface area is 115 Å². The van der Waals surface area contributed by atoms with E-state index in [1.165, 1.54) is 0 Å². The Morgan fingerprint density at radius 1 is 1.37 bits per heavy atom. The number of nitrogens with two attached hydrogens (primary N) is 1. The van der Waals surface area contributed by atoms with Crippen molar-refractivity contribution in [2.45, 2.75) is 45.8 Å². The Morgan fingerprint density at radius 2 is 2.00 bits per heavy atom. The van der Waals surface area contributed by atoms with Crippen LogP contribution >= 0.6 is 0 Å². The number of amides is 1. The minimum atomic E-state index is -0.529. The second-order valence-electron chi connectivity index (χ2n) is 5.65. The van der Waals surface area contributed by atoms with E-state index in [0.29, 0.717) is 6.54 Å². The fourth-order valence-electron chi connectivity index (χ4n) is 1.70. The van der Waals surface area contributed by atoms with E-state index in [9.17, 15) is 4.79 Å². The van der Waals surface area contributed by atoms with E-state index in [1.807, 2.05) is 45.0 Å². The molecule has 19 heavy (non-hydrogen) atoms. The number of hydrogen-bond donors (Lipinski definition) is 2. The van der Waals surface area contributed by atoms with Gasteiger partial charge in [0, 0.05) is 5.54 Å². The summed E-state index contributed by atoms with van der Waals surface area (Å²) >= 11 is 0. The molecule has 1 rings (SSSR count). The molecule has 0 aliphatic carbocycles. The van der Waals surface area contributed by atoms with Gasteiger partial charge in [-0.3, -0.25) is 4.79 Å². The number of carbonyl (C=O) groups excluding carboxylic acids is 1. The van der Waals surface area contributed by atoms with Crippen LogP contribution in [0.2, 0.25) is 0 Å². The second kappa shape index (κ2) is 6.57. The molecule has 0 fully saturated rings. The van der Waals surface area contributed by atoms with Gasteiger partial charge >= 0.3 is 0 Å². The van der Waals surface area contributed by atoms with Gasteiger partial charge in [0.15, 0.2) is 6.10 Å². The first-order chi connectivity index (χ1) is 8.83. The van der Waals surface area contributed by atoms with E-state index in [0.717, 1.165) is 17.7 Å². The van der Waals surface area contributed by atoms with Crippen molar-refractivity contribution in [2.24, 2.45) is 5.73 Å². The van der Waals surface area contributed by atoms with Crippen molar-refractivity contribution in [3.05, 3.63) is 29.8 Å². The summed E-state index contributed by atoms with van der Waals surface area (Å²) in [6.07, 6.45) is 0.210. The Morgan fingerprint density at radius 3 is 2.58 bits per heavy atom. The van der Waals surface area contributed by atoms with Crippen LogP contribution in [-0.2, 0) is 11.2 Å². The van der Waals surface area contributed by atoms with E-state index in [4.69, 9.17) is 10.5 Å². The topological polar surface area (TPSA) is 64.3 Å². The third-order valence-electron chi connectivity index (χ3n) is 2.56. The summed E-state index contributed by atoms with van der Waals surface area (Å²) < 4.78 is 5.74. The lowest BCUT2D eigenvalue weighted by Crippen LogP contribution is -2.46. The highest BCUT2D eigenvalue weighted by Crippen LogP contribution is 2.19. The molecule has 1 atom stereocenters. The molecule has 4 nitrogen and oxygen atoms in total. The largest absolute Gasteiger partial charge is 0.481 e. The molecular formula is C15H24N2O2. The van der Waals surface area contributed by atoms with Crippen LogP contribution in [0.15, 0.2) is 24.3 Å². The number of hydrogen-bond acceptors (Lipinski definition) is 3. The monoisotopic (exact) mass is 264 g/mol. The van der Waals surface area contributed by atoms with Crippen LogP contribution in [0.25, 0.3) is 0 Å². The molecule has 0 aliphatic rings. The van der Waals surface area contributed by atoms with Crippen molar-refractivity contribution in [3.63, 3.8) is 0 Å². The molecule has 4 heteroatoms. The van der Waals surface area contributed by atoms with Gasteiger partial charge in [-0.25, -0.2) is 0 Å². The number of rotatable bonds is 5. The van der Waals surface area contributed by atoms with Crippen LogP contribution in [0.3, 0.4) is 0 Å². The molecular weight excluding hydrogens is 240 g/mol. The van der Waals surface area contributed by atoms with Gasteiger partial charge in [-0.05, 0) is 52.3 Å². The van der Waals surface area contributed by atoms with Crippen molar-refractivity contribution in [3.8, 4) is 5.75 Å². The molecule has 1 unspecified atom stereocenters. The van der Waals surface area contributed by atoms with E-state index in [-0.39, 0.29) is 11.4 Å². The van der Waals surface area contributed by atoms with Crippen molar-refractivity contribution in [1.29, 1.82) is 0 Å². The van der Waals surface area contributed by atoms with Crippen LogP contribution < -0.4 is 15.8 Å². The molecule has 0 radical (unpaired) electrons. The molecule has 106 valence electrons. The van der Waals surface area contributed by atoms with Crippen LogP contribution in [0.1, 0.15) is 33.3 Å². The minimum absolute atomic E-state index is 0.116. The smallest absolute Gasteiger partial charge is 0.261 e. The van der Waals surface area contributed by atoms with E-state index < -0.39 is 6.10 Å². The molecule has 0 saturated heterocycles. The fraction of sp³-hybridized carbons (Fsp3) is 0.533. The standard InChI is InChI=1S/C15H24N2O2/c1-11(14(18)17-15(2,3)4)19-13-8-6-5-7-12(13)9-10-16/h5-8,11H,9-10,16H2,1-4H3,(H,17,18). The SMILES string of the molecule is CC(Oc1ccccc1CCN)C(=O)NC(C)(C)C. The second-order valence-corrected chi connectivity index (χ2v) is 5.65. The third kappa shape index (κ3) is 5.30. The fourth-order valence-corrected chi connectivity index (χ4v) is 1.70. The van der Waals surface area contributed by atoms with Gasteiger partial charge in [-0.1, -0.05) is 18.2 Å². The Hall–Kier alpha value is -1.55. The molecule has 1 aromatic carbocycles. The van der Waals surface area contributed by atoms with Crippen LogP contribution in [0.5, 0.6) is 5.75 Å². The maximum absolute atomic E-state index is 12.0. The van der Waals surface area contributed by atoms with Crippen LogP contribution in [0.4, 0.5) is 0 Å². The maximum atomic E-state index is 12.0. The Balaban J connectivity index is 2.71. The number of para-hydroxylation sites is 1. The summed E-state index contributed by atoms with van der Waals surface area (Å²) in [5.41, 5.74) is 6.34. The molecule has 3 N–H and O–H groups in total. The molecule has 0 saturated carbocycles. The molecule has 1 amide bonds. The Kier molecular flexibility index (Phi) is 5.36. The number of benzene rings is 1. The summed E-state index contributed by atoms with van der Waals surface area (Å²) in [6, 6.07) is 7.67. The molecule has 0 heterocycles. The van der Waals surface area contributed by atoms with Gasteiger partial charge in [0.1, 0.15) is 5.75 Å². The average molecular weight is 264 g/mol. The van der Waals surface area contributed by atoms with Crippen molar-refractivity contribution < 1.29 is 9.53 Å². The summed E-state index contributed by atoms with van der Waals surface area (Å²) in [7, 11) is 0. The van der Waals surface area contributed by atoms with E-state index in [1.54, 1.807) is 6.92 Å². The maximum Gasteiger partial charge on any atom is 0.261 e. The molecule has 0 bridgehead atoms. The first kappa shape index (κ1) is 15.5. The summed E-state index contributed by atoms with van der Waals surface area (Å²) in [5.74, 6) is 0.611. The van der Waals surface area contributed by atoms with Gasteiger partial charge < -0.3 is 15.8 Å². The van der Waals surface area contributed by atoms with Crippen LogP contribution in [-0.4, -0.2) is 24.1 Å². The van der Waals surface area contributed by atoms with Gasteiger partial charge in [0.25, 0.3) is 5.91 Å². The quantitative estimate of drug-likeness (QED) is 0.853. The van der Waals surface area contributed by atoms with Gasteiger partial charge in [-0.15, -0.1) is 0 Å². The summed E-state index contributed by atoms with van der Waals surface area (Å²) in [5, 5.41) is 2.90. The zero-order chi connectivity index (χ0) is 14.5. The van der Waals surface area contributed by atoms with E-state index in [2.05, 4.69) is 5.32 Å². The van der Waals surface area contributed by atoms with E-state index >= 15 is 0 Å². The molecule has 1 aromatic rings. The first-order valence-electron chi connectivity index (χ1n) is 6.60. The van der Waals surface area contributed by atoms with Crippen molar-refractivity contribution in [2.75, 3.05) is 6.54 Å². The predicted octanol–water partition coefficient (Wildman–Crippen LogP) is 1.87.